The van der Waals surface area contributed by atoms with Crippen LogP contribution in [0.3, 0.4) is 0 Å². The first-order valence-corrected chi connectivity index (χ1v) is 6.31. The van der Waals surface area contributed by atoms with Crippen molar-refractivity contribution >= 4 is 23.0 Å². The van der Waals surface area contributed by atoms with Crippen molar-refractivity contribution in [1.82, 2.24) is 4.98 Å². The first kappa shape index (κ1) is 13.4. The molecule has 2 rings (SSSR count). The van der Waals surface area contributed by atoms with Crippen molar-refractivity contribution in [2.45, 2.75) is 6.42 Å². The van der Waals surface area contributed by atoms with Crippen LogP contribution in [-0.4, -0.2) is 16.5 Å². The van der Waals surface area contributed by atoms with Gasteiger partial charge >= 0.3 is 0 Å². The van der Waals surface area contributed by atoms with Crippen LogP contribution in [0.25, 0.3) is 0 Å². The largest absolute Gasteiger partial charge is 0.389 e. The molecule has 0 unspecified atom stereocenters. The van der Waals surface area contributed by atoms with E-state index in [1.54, 1.807) is 30.5 Å². The molecule has 0 fully saturated rings. The Morgan fingerprint density at radius 3 is 2.68 bits per heavy atom. The van der Waals surface area contributed by atoms with Crippen LogP contribution in [-0.2, 0) is 6.42 Å². The second-order valence-electron chi connectivity index (χ2n) is 4.06. The highest BCUT2D eigenvalue weighted by Gasteiger charge is 2.01. The van der Waals surface area contributed by atoms with Crippen molar-refractivity contribution in [2.24, 2.45) is 5.73 Å². The zero-order valence-corrected chi connectivity index (χ0v) is 11.1. The molecule has 98 valence electrons. The highest BCUT2D eigenvalue weighted by Crippen LogP contribution is 2.08. The summed E-state index contributed by atoms with van der Waals surface area (Å²) in [5, 5.41) is 3.12. The van der Waals surface area contributed by atoms with Crippen LogP contribution in [0.5, 0.6) is 0 Å². The summed E-state index contributed by atoms with van der Waals surface area (Å²) in [5.74, 6) is 0.539. The number of thiocarbonyl (C=S) groups is 1. The number of hydrogen-bond donors (Lipinski definition) is 2. The Hall–Kier alpha value is -2.01. The minimum atomic E-state index is -0.180. The fourth-order valence-corrected chi connectivity index (χ4v) is 1.79. The van der Waals surface area contributed by atoms with E-state index in [-0.39, 0.29) is 5.82 Å². The number of anilines is 1. The maximum absolute atomic E-state index is 13.4. The summed E-state index contributed by atoms with van der Waals surface area (Å²) in [5.41, 5.74) is 6.91. The van der Waals surface area contributed by atoms with Crippen LogP contribution < -0.4 is 11.1 Å². The van der Waals surface area contributed by atoms with E-state index in [9.17, 15) is 4.39 Å². The molecule has 0 saturated heterocycles. The molecule has 0 bridgehead atoms. The van der Waals surface area contributed by atoms with Gasteiger partial charge in [-0.05, 0) is 30.2 Å². The van der Waals surface area contributed by atoms with Gasteiger partial charge in [-0.2, -0.15) is 0 Å². The molecule has 0 saturated carbocycles. The van der Waals surface area contributed by atoms with Gasteiger partial charge in [-0.3, -0.25) is 0 Å². The third kappa shape index (κ3) is 3.72. The molecule has 0 radical (unpaired) electrons. The number of nitrogens with zero attached hydrogens (tertiary/aromatic N) is 1. The molecule has 5 heteroatoms. The maximum atomic E-state index is 13.4. The van der Waals surface area contributed by atoms with Crippen molar-refractivity contribution in [2.75, 3.05) is 11.9 Å². The number of rotatable bonds is 5. The van der Waals surface area contributed by atoms with Gasteiger partial charge in [-0.1, -0.05) is 30.4 Å². The SMILES string of the molecule is NC(=S)c1ccc(NCCc2ccccc2F)nc1. The summed E-state index contributed by atoms with van der Waals surface area (Å²) in [4.78, 5) is 4.51. The lowest BCUT2D eigenvalue weighted by molar-refractivity contribution is 0.610. The summed E-state index contributed by atoms with van der Waals surface area (Å²) in [6.45, 7) is 0.611. The first-order chi connectivity index (χ1) is 9.16. The smallest absolute Gasteiger partial charge is 0.126 e. The van der Waals surface area contributed by atoms with Gasteiger partial charge in [0.1, 0.15) is 16.6 Å². The molecule has 0 aliphatic rings. The molecule has 0 aliphatic heterocycles. The number of hydrogen-bond acceptors (Lipinski definition) is 3. The molecule has 1 aromatic carbocycles. The van der Waals surface area contributed by atoms with E-state index in [0.29, 0.717) is 23.5 Å². The third-order valence-electron chi connectivity index (χ3n) is 2.71. The molecule has 1 aromatic heterocycles. The minimum absolute atomic E-state index is 0.180. The van der Waals surface area contributed by atoms with Gasteiger partial charge in [0.15, 0.2) is 0 Å². The van der Waals surface area contributed by atoms with E-state index in [0.717, 1.165) is 11.4 Å². The third-order valence-corrected chi connectivity index (χ3v) is 2.94. The van der Waals surface area contributed by atoms with E-state index in [1.807, 2.05) is 6.07 Å². The number of nitrogens with two attached hydrogens (primary N) is 1. The van der Waals surface area contributed by atoms with Gasteiger partial charge in [0, 0.05) is 18.3 Å². The van der Waals surface area contributed by atoms with Crippen LogP contribution in [0.1, 0.15) is 11.1 Å². The number of nitrogens with one attached hydrogen (secondary N) is 1. The summed E-state index contributed by atoms with van der Waals surface area (Å²) in [7, 11) is 0. The number of benzene rings is 1. The lowest BCUT2D eigenvalue weighted by Gasteiger charge is -2.07. The normalized spacial score (nSPS) is 10.2. The Kier molecular flexibility index (Phi) is 4.41. The standard InChI is InChI=1S/C14H14FN3S/c15-12-4-2-1-3-10(12)7-8-17-13-6-5-11(9-18-13)14(16)19/h1-6,9H,7-8H2,(H2,16,19)(H,17,18). The Morgan fingerprint density at radius 2 is 2.05 bits per heavy atom. The molecule has 0 spiro atoms. The van der Waals surface area contributed by atoms with E-state index in [1.165, 1.54) is 6.07 Å². The molecular weight excluding hydrogens is 261 g/mol. The van der Waals surface area contributed by atoms with Crippen LogP contribution in [0, 0.1) is 5.82 Å². The van der Waals surface area contributed by atoms with Crippen LogP contribution in [0.2, 0.25) is 0 Å². The average Bonchev–Trinajstić information content (AvgIpc) is 2.41. The summed E-state index contributed by atoms with van der Waals surface area (Å²) < 4.78 is 13.4. The minimum Gasteiger partial charge on any atom is -0.389 e. The topological polar surface area (TPSA) is 50.9 Å². The van der Waals surface area contributed by atoms with Crippen molar-refractivity contribution in [1.29, 1.82) is 0 Å². The lowest BCUT2D eigenvalue weighted by Crippen LogP contribution is -2.11. The molecule has 19 heavy (non-hydrogen) atoms. The molecule has 2 aromatic rings. The second kappa shape index (κ2) is 6.24. The van der Waals surface area contributed by atoms with Gasteiger partial charge in [-0.25, -0.2) is 9.37 Å². The monoisotopic (exact) mass is 275 g/mol. The number of aromatic nitrogens is 1. The van der Waals surface area contributed by atoms with Crippen LogP contribution in [0.15, 0.2) is 42.6 Å². The van der Waals surface area contributed by atoms with E-state index < -0.39 is 0 Å². The number of halogens is 1. The van der Waals surface area contributed by atoms with E-state index >= 15 is 0 Å². The fraction of sp³-hybridized carbons (Fsp3) is 0.143. The second-order valence-corrected chi connectivity index (χ2v) is 4.50. The maximum Gasteiger partial charge on any atom is 0.126 e. The van der Waals surface area contributed by atoms with Gasteiger partial charge in [0.25, 0.3) is 0 Å². The highest BCUT2D eigenvalue weighted by atomic mass is 32.1. The predicted octanol–water partition coefficient (Wildman–Crippen LogP) is 2.51. The zero-order chi connectivity index (χ0) is 13.7. The zero-order valence-electron chi connectivity index (χ0n) is 10.3. The number of pyridine rings is 1. The molecule has 3 nitrogen and oxygen atoms in total. The summed E-state index contributed by atoms with van der Waals surface area (Å²) in [6, 6.07) is 10.4. The van der Waals surface area contributed by atoms with Gasteiger partial charge in [0.05, 0.1) is 0 Å². The fourth-order valence-electron chi connectivity index (χ4n) is 1.67. The van der Waals surface area contributed by atoms with Crippen LogP contribution in [0.4, 0.5) is 10.2 Å². The van der Waals surface area contributed by atoms with Crippen molar-refractivity contribution < 1.29 is 4.39 Å². The summed E-state index contributed by atoms with van der Waals surface area (Å²) in [6.07, 6.45) is 2.22. The van der Waals surface area contributed by atoms with E-state index in [2.05, 4.69) is 10.3 Å². The Labute approximate surface area is 116 Å². The predicted molar refractivity (Wildman–Crippen MR) is 78.7 cm³/mol. The quantitative estimate of drug-likeness (QED) is 0.823. The first-order valence-electron chi connectivity index (χ1n) is 5.90. The van der Waals surface area contributed by atoms with Gasteiger partial charge in [-0.15, -0.1) is 0 Å². The molecule has 0 atom stereocenters. The Balaban J connectivity index is 1.89. The van der Waals surface area contributed by atoms with Gasteiger partial charge in [0.2, 0.25) is 0 Å². The molecule has 0 amide bonds. The van der Waals surface area contributed by atoms with Gasteiger partial charge < -0.3 is 11.1 Å². The van der Waals surface area contributed by atoms with Crippen molar-refractivity contribution in [3.8, 4) is 0 Å². The van der Waals surface area contributed by atoms with Crippen LogP contribution >= 0.6 is 12.2 Å². The van der Waals surface area contributed by atoms with E-state index in [4.69, 9.17) is 18.0 Å². The Morgan fingerprint density at radius 1 is 1.26 bits per heavy atom. The molecule has 3 N–H and O–H groups in total. The van der Waals surface area contributed by atoms with Crippen molar-refractivity contribution in [3.63, 3.8) is 0 Å². The molecule has 0 aliphatic carbocycles. The highest BCUT2D eigenvalue weighted by molar-refractivity contribution is 7.80. The van der Waals surface area contributed by atoms with Crippen molar-refractivity contribution in [3.05, 3.63) is 59.5 Å². The average molecular weight is 275 g/mol. The Bertz CT molecular complexity index is 569. The summed E-state index contributed by atoms with van der Waals surface area (Å²) >= 11 is 4.85. The molecular formula is C14H14FN3S. The molecule has 1 heterocycles. The lowest BCUT2D eigenvalue weighted by atomic mass is 10.1.